The molecule has 0 N–H and O–H groups in total. The zero-order valence-corrected chi connectivity index (χ0v) is 24.3. The van der Waals surface area contributed by atoms with Crippen LogP contribution >= 0.6 is 11.3 Å². The van der Waals surface area contributed by atoms with E-state index in [-0.39, 0.29) is 5.92 Å². The first-order valence-corrected chi connectivity index (χ1v) is 15.7. The summed E-state index contributed by atoms with van der Waals surface area (Å²) in [6, 6.07) is 34.3. The van der Waals surface area contributed by atoms with Crippen LogP contribution < -0.4 is 0 Å². The largest absolute Gasteiger partial charge is 0.208 e. The number of benzene rings is 4. The normalized spacial score (nSPS) is 18.8. The van der Waals surface area contributed by atoms with Crippen molar-refractivity contribution in [3.05, 3.63) is 149 Å². The van der Waals surface area contributed by atoms with Crippen LogP contribution in [0.3, 0.4) is 0 Å². The van der Waals surface area contributed by atoms with E-state index in [9.17, 15) is 0 Å². The van der Waals surface area contributed by atoms with Crippen molar-refractivity contribution >= 4 is 43.2 Å². The van der Waals surface area contributed by atoms with Crippen LogP contribution in [0.15, 0.2) is 133 Å². The molecule has 2 heterocycles. The highest BCUT2D eigenvalue weighted by Gasteiger charge is 2.36. The Balaban J connectivity index is 1.28. The van der Waals surface area contributed by atoms with Gasteiger partial charge in [-0.2, -0.15) is 0 Å². The van der Waals surface area contributed by atoms with Gasteiger partial charge in [0.2, 0.25) is 0 Å². The SMILES string of the molecule is C1=CC2C=Cc3ccccc3C2C2=C1CCC=C2c1nc(-c2ccccc2)nc(-c2cccc3sc4ccccc4c23)n1. The second-order valence-electron chi connectivity index (χ2n) is 11.4. The molecule has 0 amide bonds. The fourth-order valence-corrected chi connectivity index (χ4v) is 8.20. The minimum Gasteiger partial charge on any atom is -0.208 e. The highest BCUT2D eigenvalue weighted by atomic mass is 32.1. The first-order chi connectivity index (χ1) is 21.3. The second kappa shape index (κ2) is 9.82. The fourth-order valence-electron chi connectivity index (χ4n) is 7.07. The maximum absolute atomic E-state index is 5.31. The van der Waals surface area contributed by atoms with E-state index in [1.54, 1.807) is 0 Å². The Morgan fingerprint density at radius 1 is 0.651 bits per heavy atom. The third kappa shape index (κ3) is 3.98. The lowest BCUT2D eigenvalue weighted by molar-refractivity contribution is 0.654. The molecule has 2 aromatic heterocycles. The van der Waals surface area contributed by atoms with Crippen LogP contribution in [-0.4, -0.2) is 15.0 Å². The van der Waals surface area contributed by atoms with Gasteiger partial charge in [0.05, 0.1) is 0 Å². The minimum atomic E-state index is 0.248. The molecular weight excluding hydrogens is 543 g/mol. The number of hydrogen-bond acceptors (Lipinski definition) is 4. The standard InChI is InChI=1S/C39H27N3S/c1-2-11-27(12-3-1)37-40-38(42-39(41-37)31-17-9-19-33-36(31)29-15-6-7-18-32(29)43-33)30-16-8-13-25-22-23-26-21-20-24-10-4-5-14-28(24)34(26)35(25)30/h1-7,9-12,14-23,26,34H,8,13H2. The Morgan fingerprint density at radius 3 is 2.37 bits per heavy atom. The lowest BCUT2D eigenvalue weighted by atomic mass is 9.67. The third-order valence-electron chi connectivity index (χ3n) is 8.99. The average molecular weight is 570 g/mol. The molecule has 0 radical (unpaired) electrons. The smallest absolute Gasteiger partial charge is 0.164 e. The van der Waals surface area contributed by atoms with Crippen LogP contribution in [-0.2, 0) is 0 Å². The van der Waals surface area contributed by atoms with Gasteiger partial charge in [0.15, 0.2) is 17.5 Å². The predicted molar refractivity (Wildman–Crippen MR) is 179 cm³/mol. The van der Waals surface area contributed by atoms with Crippen molar-refractivity contribution in [3.8, 4) is 22.8 Å². The molecule has 3 aliphatic rings. The zero-order valence-electron chi connectivity index (χ0n) is 23.4. The van der Waals surface area contributed by atoms with Crippen LogP contribution in [0.4, 0.5) is 0 Å². The van der Waals surface area contributed by atoms with Gasteiger partial charge in [-0.3, -0.25) is 0 Å². The fraction of sp³-hybridized carbons (Fsp3) is 0.103. The highest BCUT2D eigenvalue weighted by Crippen LogP contribution is 2.50. The molecule has 0 bridgehead atoms. The lowest BCUT2D eigenvalue weighted by Crippen LogP contribution is -2.22. The van der Waals surface area contributed by atoms with E-state index in [0.29, 0.717) is 11.7 Å². The van der Waals surface area contributed by atoms with Crippen molar-refractivity contribution in [2.24, 2.45) is 5.92 Å². The van der Waals surface area contributed by atoms with E-state index in [0.717, 1.165) is 41.2 Å². The Labute approximate surface area is 254 Å². The van der Waals surface area contributed by atoms with Crippen LogP contribution in [0, 0.1) is 5.92 Å². The van der Waals surface area contributed by atoms with E-state index >= 15 is 0 Å². The molecule has 2 unspecified atom stereocenters. The number of fused-ring (bicyclic) bond motifs is 7. The molecule has 43 heavy (non-hydrogen) atoms. The summed E-state index contributed by atoms with van der Waals surface area (Å²) in [5.41, 5.74) is 8.64. The van der Waals surface area contributed by atoms with Crippen molar-refractivity contribution in [3.63, 3.8) is 0 Å². The van der Waals surface area contributed by atoms with Gasteiger partial charge in [-0.25, -0.2) is 15.0 Å². The minimum absolute atomic E-state index is 0.248. The topological polar surface area (TPSA) is 38.7 Å². The van der Waals surface area contributed by atoms with Gasteiger partial charge >= 0.3 is 0 Å². The number of allylic oxidation sites excluding steroid dienone is 7. The van der Waals surface area contributed by atoms with Crippen LogP contribution in [0.2, 0.25) is 0 Å². The molecule has 0 spiro atoms. The molecule has 9 rings (SSSR count). The first-order valence-electron chi connectivity index (χ1n) is 14.9. The summed E-state index contributed by atoms with van der Waals surface area (Å²) in [6.07, 6.45) is 13.7. The predicted octanol–water partition coefficient (Wildman–Crippen LogP) is 10.0. The molecule has 0 saturated carbocycles. The van der Waals surface area contributed by atoms with Crippen molar-refractivity contribution in [1.29, 1.82) is 0 Å². The van der Waals surface area contributed by atoms with E-state index in [4.69, 9.17) is 15.0 Å². The Kier molecular flexibility index (Phi) is 5.63. The zero-order chi connectivity index (χ0) is 28.3. The van der Waals surface area contributed by atoms with Gasteiger partial charge in [0.25, 0.3) is 0 Å². The summed E-state index contributed by atoms with van der Waals surface area (Å²) in [4.78, 5) is 15.7. The Bertz CT molecular complexity index is 2200. The lowest BCUT2D eigenvalue weighted by Gasteiger charge is -2.37. The summed E-state index contributed by atoms with van der Waals surface area (Å²) < 4.78 is 2.52. The number of rotatable bonds is 3. The molecule has 0 saturated heterocycles. The maximum Gasteiger partial charge on any atom is 0.164 e. The number of hydrogen-bond donors (Lipinski definition) is 0. The van der Waals surface area contributed by atoms with Crippen molar-refractivity contribution in [2.75, 3.05) is 0 Å². The van der Waals surface area contributed by atoms with Gasteiger partial charge in [0, 0.05) is 48.7 Å². The number of thiophene rings is 1. The summed E-state index contributed by atoms with van der Waals surface area (Å²) in [5.74, 6) is 2.75. The van der Waals surface area contributed by atoms with Gasteiger partial charge in [-0.1, -0.05) is 115 Å². The van der Waals surface area contributed by atoms with E-state index < -0.39 is 0 Å². The van der Waals surface area contributed by atoms with Gasteiger partial charge < -0.3 is 0 Å². The van der Waals surface area contributed by atoms with Gasteiger partial charge in [0.1, 0.15) is 0 Å². The monoisotopic (exact) mass is 569 g/mol. The first kappa shape index (κ1) is 24.6. The number of nitrogens with zero attached hydrogens (tertiary/aromatic N) is 3. The number of aromatic nitrogens is 3. The van der Waals surface area contributed by atoms with Crippen molar-refractivity contribution in [2.45, 2.75) is 18.8 Å². The quantitative estimate of drug-likeness (QED) is 0.213. The maximum atomic E-state index is 5.31. The molecule has 4 aromatic carbocycles. The summed E-state index contributed by atoms with van der Waals surface area (Å²) in [5, 5.41) is 2.46. The molecule has 204 valence electrons. The van der Waals surface area contributed by atoms with E-state index in [2.05, 4.69) is 109 Å². The molecule has 0 fully saturated rings. The summed E-state index contributed by atoms with van der Waals surface area (Å²) in [7, 11) is 0. The molecule has 3 nitrogen and oxygen atoms in total. The highest BCUT2D eigenvalue weighted by molar-refractivity contribution is 7.25. The molecular formula is C39H27N3S. The molecule has 6 aromatic rings. The van der Waals surface area contributed by atoms with Crippen LogP contribution in [0.5, 0.6) is 0 Å². The van der Waals surface area contributed by atoms with Gasteiger partial charge in [-0.15, -0.1) is 11.3 Å². The van der Waals surface area contributed by atoms with E-state index in [1.165, 1.54) is 42.4 Å². The Hall–Kier alpha value is -4.93. The van der Waals surface area contributed by atoms with Crippen LogP contribution in [0.25, 0.3) is 54.6 Å². The summed E-state index contributed by atoms with van der Waals surface area (Å²) in [6.45, 7) is 0. The van der Waals surface area contributed by atoms with Gasteiger partial charge in [-0.05, 0) is 47.2 Å². The average Bonchev–Trinajstić information content (AvgIpc) is 3.47. The van der Waals surface area contributed by atoms with Crippen molar-refractivity contribution < 1.29 is 0 Å². The third-order valence-corrected chi connectivity index (χ3v) is 10.1. The molecule has 4 heteroatoms. The van der Waals surface area contributed by atoms with E-state index in [1.807, 2.05) is 29.5 Å². The second-order valence-corrected chi connectivity index (χ2v) is 12.5. The molecule has 0 aliphatic heterocycles. The Morgan fingerprint density at radius 2 is 1.42 bits per heavy atom. The van der Waals surface area contributed by atoms with Crippen molar-refractivity contribution in [1.82, 2.24) is 15.0 Å². The summed E-state index contributed by atoms with van der Waals surface area (Å²) >= 11 is 1.82. The molecule has 3 aliphatic carbocycles. The van der Waals surface area contributed by atoms with Crippen LogP contribution in [0.1, 0.15) is 35.7 Å². The molecule has 2 atom stereocenters.